The Balaban J connectivity index is 0.000000461. The summed E-state index contributed by atoms with van der Waals surface area (Å²) in [6.07, 6.45) is -9.00. The number of benzene rings is 3. The number of hydrogen-bond donors (Lipinski definition) is 1. The van der Waals surface area contributed by atoms with Crippen molar-refractivity contribution < 1.29 is 45.5 Å². The van der Waals surface area contributed by atoms with E-state index in [0.29, 0.717) is 33.3 Å². The van der Waals surface area contributed by atoms with Gasteiger partial charge in [0.25, 0.3) is 0 Å². The smallest absolute Gasteiger partial charge is 0.343 e. The molecule has 19 heteroatoms. The number of halogens is 10. The van der Waals surface area contributed by atoms with Crippen LogP contribution in [0.4, 0.5) is 32.0 Å². The third-order valence-electron chi connectivity index (χ3n) is 9.70. The monoisotopic (exact) mass is 939 g/mol. The van der Waals surface area contributed by atoms with Crippen LogP contribution in [0.1, 0.15) is 43.7 Å². The summed E-state index contributed by atoms with van der Waals surface area (Å²) in [5, 5.41) is 4.11. The molecule has 0 aromatic heterocycles. The van der Waals surface area contributed by atoms with Crippen LogP contribution in [-0.4, -0.2) is 98.5 Å². The zero-order valence-corrected chi connectivity index (χ0v) is 37.1. The molecule has 0 radical (unpaired) electrons. The van der Waals surface area contributed by atoms with Crippen molar-refractivity contribution in [3.05, 3.63) is 123 Å². The van der Waals surface area contributed by atoms with E-state index in [-0.39, 0.29) is 36.1 Å². The molecule has 334 valence electrons. The van der Waals surface area contributed by atoms with Gasteiger partial charge in [-0.1, -0.05) is 88.9 Å². The predicted molar refractivity (Wildman–Crippen MR) is 229 cm³/mol. The van der Waals surface area contributed by atoms with E-state index in [2.05, 4.69) is 18.5 Å². The quantitative estimate of drug-likeness (QED) is 0.0878. The average molecular weight is 942 g/mol. The van der Waals surface area contributed by atoms with Crippen molar-refractivity contribution in [3.63, 3.8) is 0 Å². The van der Waals surface area contributed by atoms with E-state index in [9.17, 15) is 45.5 Å². The third kappa shape index (κ3) is 14.7. The van der Waals surface area contributed by atoms with E-state index in [1.807, 2.05) is 0 Å². The average Bonchev–Trinajstić information content (AvgIpc) is 3.18. The zero-order chi connectivity index (χ0) is 46.5. The van der Waals surface area contributed by atoms with Crippen LogP contribution in [0.15, 0.2) is 92.0 Å². The molecule has 0 heterocycles. The first-order chi connectivity index (χ1) is 28.3. The summed E-state index contributed by atoms with van der Waals surface area (Å²) in [5.74, 6) is -4.00. The van der Waals surface area contributed by atoms with Crippen LogP contribution in [0.25, 0.3) is 0 Å². The molecule has 61 heavy (non-hydrogen) atoms. The van der Waals surface area contributed by atoms with Crippen LogP contribution in [0, 0.1) is 0 Å². The van der Waals surface area contributed by atoms with Gasteiger partial charge in [-0.25, -0.2) is 0 Å². The Morgan fingerprint density at radius 2 is 1.11 bits per heavy atom. The highest BCUT2D eigenvalue weighted by Crippen LogP contribution is 2.38. The van der Waals surface area contributed by atoms with Crippen LogP contribution < -0.4 is 10.2 Å². The number of nitrogens with zero attached hydrogens (tertiary/aromatic N) is 4. The molecule has 3 aromatic carbocycles. The molecule has 4 amide bonds. The van der Waals surface area contributed by atoms with Crippen LogP contribution in [0.5, 0.6) is 0 Å². The van der Waals surface area contributed by atoms with Crippen molar-refractivity contribution in [1.82, 2.24) is 20.0 Å². The van der Waals surface area contributed by atoms with Gasteiger partial charge >= 0.3 is 24.2 Å². The standard InChI is InChI=1S/C26H28Cl2F3N3O3.C16H19Cl2F3N2O/c1-5-14-25(18-12-13-20(27)21(28)15-18,17-32(3)22(35)16-26(29,30)31)33(4)23(36)24(37)34(6-2)19-10-8-7-9-11-19;1-4-7-15(22-2,11-5-6-12(17)13(18)8-11)10-23(3)14(24)9-16(19,20)21/h5,7-13,15H,1,6,14,16-17H2,2-4H3;4-6,8,22H,1,7,9-10H2,2-3H3/t25-;15-/m11/s1. The topological polar surface area (TPSA) is 93.3 Å². The first-order valence-corrected chi connectivity index (χ1v) is 19.9. The first kappa shape index (κ1) is 52.9. The number of likely N-dealkylation sites (N-methyl/N-ethyl adjacent to an activating group) is 5. The molecule has 9 nitrogen and oxygen atoms in total. The van der Waals surface area contributed by atoms with Gasteiger partial charge in [0.2, 0.25) is 11.8 Å². The molecule has 0 aliphatic carbocycles. The van der Waals surface area contributed by atoms with Crippen LogP contribution in [0.2, 0.25) is 20.1 Å². The van der Waals surface area contributed by atoms with E-state index in [4.69, 9.17) is 46.4 Å². The highest BCUT2D eigenvalue weighted by Gasteiger charge is 2.44. The fraction of sp³-hybridized carbons (Fsp3) is 0.381. The number of amides is 4. The number of carbonyl (C=O) groups excluding carboxylic acids is 4. The van der Waals surface area contributed by atoms with E-state index in [0.717, 1.165) is 14.7 Å². The summed E-state index contributed by atoms with van der Waals surface area (Å²) in [4.78, 5) is 55.5. The second-order valence-electron chi connectivity index (χ2n) is 13.9. The maximum atomic E-state index is 13.6. The lowest BCUT2D eigenvalue weighted by Gasteiger charge is -2.44. The van der Waals surface area contributed by atoms with Crippen molar-refractivity contribution >= 4 is 75.7 Å². The summed E-state index contributed by atoms with van der Waals surface area (Å²) in [5.41, 5.74) is -0.759. The minimum atomic E-state index is -4.72. The van der Waals surface area contributed by atoms with Crippen LogP contribution in [-0.2, 0) is 30.3 Å². The maximum Gasteiger partial charge on any atom is 0.397 e. The first-order valence-electron chi connectivity index (χ1n) is 18.4. The fourth-order valence-electron chi connectivity index (χ4n) is 6.47. The normalized spacial score (nSPS) is 13.4. The molecule has 0 saturated heterocycles. The minimum absolute atomic E-state index is 0.0123. The summed E-state index contributed by atoms with van der Waals surface area (Å²) in [7, 11) is 5.55. The molecule has 0 spiro atoms. The van der Waals surface area contributed by atoms with E-state index < -0.39 is 59.9 Å². The number of alkyl halides is 6. The van der Waals surface area contributed by atoms with E-state index >= 15 is 0 Å². The SMILES string of the molecule is C=CC[C@@](CN(C)C(=O)CC(F)(F)F)(c1ccc(Cl)c(Cl)c1)N(C)C(=O)C(=O)N(CC)c1ccccc1.C=CC[C@](CN(C)C(=O)CC(F)(F)F)(NC)c1ccc(Cl)c(Cl)c1. The van der Waals surface area contributed by atoms with Crippen molar-refractivity contribution in [2.45, 2.75) is 56.0 Å². The Labute approximate surface area is 371 Å². The van der Waals surface area contributed by atoms with E-state index in [1.165, 1.54) is 44.3 Å². The van der Waals surface area contributed by atoms with Crippen LogP contribution >= 0.6 is 46.4 Å². The molecule has 2 atom stereocenters. The Morgan fingerprint density at radius 3 is 1.54 bits per heavy atom. The number of hydrogen-bond acceptors (Lipinski definition) is 5. The maximum absolute atomic E-state index is 13.6. The molecule has 0 unspecified atom stereocenters. The molecular weight excluding hydrogens is 894 g/mol. The van der Waals surface area contributed by atoms with Crippen molar-refractivity contribution in [2.24, 2.45) is 0 Å². The van der Waals surface area contributed by atoms with Gasteiger partial charge < -0.3 is 24.9 Å². The molecule has 0 aliphatic heterocycles. The number of carbonyl (C=O) groups is 4. The third-order valence-corrected chi connectivity index (χ3v) is 11.2. The van der Waals surface area contributed by atoms with E-state index in [1.54, 1.807) is 74.6 Å². The molecule has 0 bridgehead atoms. The lowest BCUT2D eigenvalue weighted by molar-refractivity contribution is -0.163. The lowest BCUT2D eigenvalue weighted by Crippen LogP contribution is -2.57. The van der Waals surface area contributed by atoms with Gasteiger partial charge in [-0.3, -0.25) is 19.2 Å². The second-order valence-corrected chi connectivity index (χ2v) is 15.6. The number of anilines is 1. The van der Waals surface area contributed by atoms with Gasteiger partial charge in [-0.05, 0) is 74.3 Å². The summed E-state index contributed by atoms with van der Waals surface area (Å²) in [6, 6.07) is 18.0. The lowest BCUT2D eigenvalue weighted by atomic mass is 9.84. The molecular formula is C42H47Cl4F6N5O4. The summed E-state index contributed by atoms with van der Waals surface area (Å²) in [6.45, 7) is 8.95. The summed E-state index contributed by atoms with van der Waals surface area (Å²) < 4.78 is 76.1. The molecule has 1 N–H and O–H groups in total. The van der Waals surface area contributed by atoms with Gasteiger partial charge in [-0.2, -0.15) is 26.3 Å². The van der Waals surface area contributed by atoms with Gasteiger partial charge in [0.1, 0.15) is 12.8 Å². The minimum Gasteiger partial charge on any atom is -0.343 e. The number of para-hydroxylation sites is 1. The molecule has 0 aliphatic rings. The predicted octanol–water partition coefficient (Wildman–Crippen LogP) is 10.1. The fourth-order valence-corrected chi connectivity index (χ4v) is 7.06. The van der Waals surface area contributed by atoms with Gasteiger partial charge in [0.15, 0.2) is 0 Å². The van der Waals surface area contributed by atoms with Crippen molar-refractivity contribution in [2.75, 3.05) is 52.7 Å². The Morgan fingerprint density at radius 1 is 0.656 bits per heavy atom. The molecule has 0 fully saturated rings. The van der Waals surface area contributed by atoms with Crippen LogP contribution in [0.3, 0.4) is 0 Å². The summed E-state index contributed by atoms with van der Waals surface area (Å²) >= 11 is 24.3. The van der Waals surface area contributed by atoms with Gasteiger partial charge in [0, 0.05) is 46.5 Å². The molecule has 0 saturated carbocycles. The number of rotatable bonds is 16. The highest BCUT2D eigenvalue weighted by molar-refractivity contribution is 6.42. The van der Waals surface area contributed by atoms with Crippen molar-refractivity contribution in [1.29, 1.82) is 0 Å². The Bertz CT molecular complexity index is 2020. The van der Waals surface area contributed by atoms with Crippen molar-refractivity contribution in [3.8, 4) is 0 Å². The zero-order valence-electron chi connectivity index (χ0n) is 34.1. The highest BCUT2D eigenvalue weighted by atomic mass is 35.5. The van der Waals surface area contributed by atoms with Gasteiger partial charge in [0.05, 0.1) is 31.2 Å². The molecule has 3 rings (SSSR count). The Hall–Kier alpha value is -4.28. The van der Waals surface area contributed by atoms with Gasteiger partial charge in [-0.15, -0.1) is 13.2 Å². The molecule has 3 aromatic rings. The Kier molecular flexibility index (Phi) is 19.7. The number of nitrogens with one attached hydrogen (secondary N) is 1. The largest absolute Gasteiger partial charge is 0.397 e. The second kappa shape index (κ2) is 22.7.